The Morgan fingerprint density at radius 3 is 2.47 bits per heavy atom. The Bertz CT molecular complexity index is 635. The molecular weight excluding hydrogens is 314 g/mol. The highest BCUT2D eigenvalue weighted by Gasteiger charge is 2.20. The van der Waals surface area contributed by atoms with Gasteiger partial charge in [-0.1, -0.05) is 11.3 Å². The van der Waals surface area contributed by atoms with Crippen molar-refractivity contribution in [3.63, 3.8) is 0 Å². The number of anilines is 1. The van der Waals surface area contributed by atoms with E-state index in [4.69, 9.17) is 9.88 Å². The smallest absolute Gasteiger partial charge is 0.249 e. The Morgan fingerprint density at radius 1 is 1.37 bits per heavy atom. The summed E-state index contributed by atoms with van der Waals surface area (Å²) in [4.78, 5) is 3.82. The average molecular weight is 329 g/mol. The molecule has 0 saturated carbocycles. The van der Waals surface area contributed by atoms with Crippen LogP contribution in [-0.2, 0) is 24.8 Å². The second-order valence-electron chi connectivity index (χ2n) is 3.55. The number of ether oxygens (including phenoxy) is 1. The summed E-state index contributed by atoms with van der Waals surface area (Å²) in [5.74, 6) is -0.232. The summed E-state index contributed by atoms with van der Waals surface area (Å²) in [5.41, 5.74) is 0.162. The van der Waals surface area contributed by atoms with E-state index in [1.54, 1.807) is 6.92 Å². The van der Waals surface area contributed by atoms with Gasteiger partial charge in [0.05, 0.1) is 18.1 Å². The second kappa shape index (κ2) is 6.13. The summed E-state index contributed by atoms with van der Waals surface area (Å²) in [5, 5.41) is 4.95. The molecule has 0 aliphatic heterocycles. The lowest BCUT2D eigenvalue weighted by Crippen LogP contribution is -2.20. The third-order valence-corrected chi connectivity index (χ3v) is 5.92. The normalized spacial score (nSPS) is 12.6. The second-order valence-corrected chi connectivity index (χ2v) is 8.15. The fourth-order valence-corrected chi connectivity index (χ4v) is 4.20. The Hall–Kier alpha value is -0.750. The van der Waals surface area contributed by atoms with Crippen LogP contribution in [0.2, 0.25) is 0 Å². The lowest BCUT2D eigenvalue weighted by atomic mass is 10.6. The van der Waals surface area contributed by atoms with Crippen LogP contribution in [0.4, 0.5) is 5.13 Å². The van der Waals surface area contributed by atoms with Crippen molar-refractivity contribution in [2.24, 2.45) is 5.14 Å². The van der Waals surface area contributed by atoms with E-state index in [2.05, 4.69) is 9.71 Å². The quantitative estimate of drug-likeness (QED) is 0.671. The first-order valence-electron chi connectivity index (χ1n) is 5.24. The molecule has 0 aliphatic rings. The van der Waals surface area contributed by atoms with Crippen LogP contribution in [0.5, 0.6) is 0 Å². The highest BCUT2D eigenvalue weighted by atomic mass is 32.2. The number of aryl methyl sites for hydroxylation is 1. The number of hydrogen-bond donors (Lipinski definition) is 2. The molecule has 8 nitrogen and oxygen atoms in total. The molecule has 1 aromatic rings. The van der Waals surface area contributed by atoms with Crippen LogP contribution in [0.25, 0.3) is 0 Å². The van der Waals surface area contributed by atoms with E-state index in [0.717, 1.165) is 0 Å². The lowest BCUT2D eigenvalue weighted by Gasteiger charge is -2.04. The van der Waals surface area contributed by atoms with Crippen molar-refractivity contribution in [3.8, 4) is 0 Å². The van der Waals surface area contributed by atoms with E-state index in [0.29, 0.717) is 17.9 Å². The van der Waals surface area contributed by atoms with Gasteiger partial charge in [-0.15, -0.1) is 0 Å². The maximum absolute atomic E-state index is 11.6. The molecular formula is C8H15N3O5S3. The van der Waals surface area contributed by atoms with Gasteiger partial charge in [0.1, 0.15) is 0 Å². The van der Waals surface area contributed by atoms with Gasteiger partial charge in [-0.3, -0.25) is 4.72 Å². The largest absolute Gasteiger partial charge is 0.381 e. The molecule has 0 unspecified atom stereocenters. The number of sulfonamides is 2. The van der Waals surface area contributed by atoms with E-state index < -0.39 is 20.0 Å². The average Bonchev–Trinajstić information content (AvgIpc) is 2.58. The molecule has 19 heavy (non-hydrogen) atoms. The Kier molecular flexibility index (Phi) is 5.26. The Morgan fingerprint density at radius 2 is 2.00 bits per heavy atom. The fraction of sp³-hybridized carbons (Fsp3) is 0.625. The summed E-state index contributed by atoms with van der Waals surface area (Å²) >= 11 is 0.677. The first-order valence-corrected chi connectivity index (χ1v) is 9.25. The van der Waals surface area contributed by atoms with Gasteiger partial charge in [0.15, 0.2) is 9.34 Å². The molecule has 0 aromatic carbocycles. The fourth-order valence-electron chi connectivity index (χ4n) is 1.19. The first kappa shape index (κ1) is 16.3. The zero-order valence-corrected chi connectivity index (χ0v) is 12.9. The topological polar surface area (TPSA) is 128 Å². The number of aromatic nitrogens is 1. The summed E-state index contributed by atoms with van der Waals surface area (Å²) in [7, 11) is -7.51. The highest BCUT2D eigenvalue weighted by Crippen LogP contribution is 2.26. The van der Waals surface area contributed by atoms with E-state index in [-0.39, 0.29) is 27.4 Å². The zero-order valence-electron chi connectivity index (χ0n) is 10.4. The van der Waals surface area contributed by atoms with Crippen molar-refractivity contribution >= 4 is 36.5 Å². The van der Waals surface area contributed by atoms with E-state index in [1.807, 2.05) is 0 Å². The van der Waals surface area contributed by atoms with Crippen molar-refractivity contribution in [3.05, 3.63) is 5.69 Å². The highest BCUT2D eigenvalue weighted by molar-refractivity contribution is 7.93. The predicted octanol–water partition coefficient (Wildman–Crippen LogP) is -0.123. The number of primary sulfonamides is 1. The molecule has 1 rings (SSSR count). The van der Waals surface area contributed by atoms with E-state index >= 15 is 0 Å². The molecule has 11 heteroatoms. The van der Waals surface area contributed by atoms with Crippen molar-refractivity contribution in [2.75, 3.05) is 23.7 Å². The first-order chi connectivity index (χ1) is 8.65. The van der Waals surface area contributed by atoms with Crippen LogP contribution in [-0.4, -0.2) is 40.8 Å². The molecule has 0 bridgehead atoms. The summed E-state index contributed by atoms with van der Waals surface area (Å²) < 4.78 is 52.6. The number of hydrogen-bond acceptors (Lipinski definition) is 7. The third-order valence-electron chi connectivity index (χ3n) is 1.96. The third kappa shape index (κ3) is 5.03. The van der Waals surface area contributed by atoms with Gasteiger partial charge in [0.2, 0.25) is 20.0 Å². The van der Waals surface area contributed by atoms with Crippen LogP contribution in [0.1, 0.15) is 12.6 Å². The van der Waals surface area contributed by atoms with Crippen LogP contribution in [0.3, 0.4) is 0 Å². The number of rotatable bonds is 7. The Labute approximate surface area is 116 Å². The van der Waals surface area contributed by atoms with Gasteiger partial charge in [0, 0.05) is 6.61 Å². The van der Waals surface area contributed by atoms with Gasteiger partial charge in [-0.25, -0.2) is 27.0 Å². The summed E-state index contributed by atoms with van der Waals surface area (Å²) in [6.45, 7) is 3.66. The molecule has 0 spiro atoms. The van der Waals surface area contributed by atoms with Gasteiger partial charge in [0.25, 0.3) is 0 Å². The minimum Gasteiger partial charge on any atom is -0.381 e. The van der Waals surface area contributed by atoms with Gasteiger partial charge in [-0.05, 0) is 13.8 Å². The summed E-state index contributed by atoms with van der Waals surface area (Å²) in [6, 6.07) is 0. The Balaban J connectivity index is 2.84. The lowest BCUT2D eigenvalue weighted by molar-refractivity contribution is 0.163. The van der Waals surface area contributed by atoms with Gasteiger partial charge < -0.3 is 4.74 Å². The minimum atomic E-state index is -3.89. The molecule has 3 N–H and O–H groups in total. The molecule has 0 atom stereocenters. The molecule has 1 aromatic heterocycles. The molecule has 1 heterocycles. The van der Waals surface area contributed by atoms with Crippen molar-refractivity contribution in [1.82, 2.24) is 4.98 Å². The summed E-state index contributed by atoms with van der Waals surface area (Å²) in [6.07, 6.45) is 0. The number of nitrogens with one attached hydrogen (secondary N) is 1. The maximum atomic E-state index is 11.6. The monoisotopic (exact) mass is 329 g/mol. The van der Waals surface area contributed by atoms with Crippen molar-refractivity contribution in [1.29, 1.82) is 0 Å². The van der Waals surface area contributed by atoms with Crippen molar-refractivity contribution in [2.45, 2.75) is 18.1 Å². The van der Waals surface area contributed by atoms with E-state index in [9.17, 15) is 16.8 Å². The van der Waals surface area contributed by atoms with Crippen molar-refractivity contribution < 1.29 is 21.6 Å². The van der Waals surface area contributed by atoms with Gasteiger partial charge in [-0.2, -0.15) is 0 Å². The molecule has 0 radical (unpaired) electrons. The van der Waals surface area contributed by atoms with E-state index in [1.165, 1.54) is 6.92 Å². The molecule has 0 fully saturated rings. The van der Waals surface area contributed by atoms with Crippen LogP contribution < -0.4 is 9.86 Å². The van der Waals surface area contributed by atoms with Gasteiger partial charge >= 0.3 is 0 Å². The van der Waals surface area contributed by atoms with Crippen LogP contribution >= 0.6 is 11.3 Å². The number of nitrogens with zero attached hydrogens (tertiary/aromatic N) is 1. The minimum absolute atomic E-state index is 0.0296. The molecule has 110 valence electrons. The molecule has 0 saturated heterocycles. The van der Waals surface area contributed by atoms with Crippen LogP contribution in [0, 0.1) is 6.92 Å². The number of nitrogens with two attached hydrogens (primary N) is 1. The van der Waals surface area contributed by atoms with Crippen LogP contribution in [0.15, 0.2) is 4.21 Å². The zero-order chi connectivity index (χ0) is 14.7. The SMILES string of the molecule is CCOCCS(=O)(=O)Nc1nc(C)c(S(N)(=O)=O)s1. The predicted molar refractivity (Wildman–Crippen MR) is 72.1 cm³/mol. The number of thiazole rings is 1. The standard InChI is InChI=1S/C8H15N3O5S3/c1-3-16-4-5-18(12,13)11-8-10-6(2)7(17-8)19(9,14)15/h3-5H2,1-2H3,(H,10,11)(H2,9,14,15). The molecule has 0 aliphatic carbocycles. The maximum Gasteiger partial charge on any atom is 0.249 e. The molecule has 0 amide bonds.